The molecule has 0 radical (unpaired) electrons. The Hall–Kier alpha value is -2.13. The molecular weight excluding hydrogens is 284 g/mol. The number of benzene rings is 2. The van der Waals surface area contributed by atoms with Crippen molar-refractivity contribution in [2.75, 3.05) is 6.54 Å². The van der Waals surface area contributed by atoms with Crippen molar-refractivity contribution in [2.24, 2.45) is 5.73 Å². The van der Waals surface area contributed by atoms with E-state index in [4.69, 9.17) is 5.73 Å². The highest BCUT2D eigenvalue weighted by Crippen LogP contribution is 2.23. The third-order valence-electron chi connectivity index (χ3n) is 4.29. The molecule has 0 fully saturated rings. The molecule has 0 aromatic heterocycles. The van der Waals surface area contributed by atoms with Gasteiger partial charge in [-0.15, -0.1) is 0 Å². The predicted molar refractivity (Wildman–Crippen MR) is 95.2 cm³/mol. The van der Waals surface area contributed by atoms with Gasteiger partial charge >= 0.3 is 0 Å². The first-order valence-electron chi connectivity index (χ1n) is 8.11. The molecule has 1 unspecified atom stereocenters. The van der Waals surface area contributed by atoms with Crippen LogP contribution < -0.4 is 11.1 Å². The van der Waals surface area contributed by atoms with E-state index >= 15 is 0 Å². The van der Waals surface area contributed by atoms with Crippen molar-refractivity contribution in [2.45, 2.75) is 38.6 Å². The molecule has 122 valence electrons. The maximum absolute atomic E-state index is 12.3. The van der Waals surface area contributed by atoms with Gasteiger partial charge < -0.3 is 11.1 Å². The predicted octanol–water partition coefficient (Wildman–Crippen LogP) is 3.34. The van der Waals surface area contributed by atoms with Gasteiger partial charge in [-0.2, -0.15) is 0 Å². The van der Waals surface area contributed by atoms with Gasteiger partial charge in [-0.3, -0.25) is 4.79 Å². The molecule has 1 amide bonds. The number of amides is 1. The fourth-order valence-electron chi connectivity index (χ4n) is 2.52. The smallest absolute Gasteiger partial charge is 0.241 e. The van der Waals surface area contributed by atoms with E-state index in [0.717, 1.165) is 12.0 Å². The molecule has 2 aromatic rings. The van der Waals surface area contributed by atoms with Crippen LogP contribution in [0.1, 0.15) is 43.5 Å². The van der Waals surface area contributed by atoms with E-state index in [2.05, 4.69) is 50.4 Å². The van der Waals surface area contributed by atoms with Crippen molar-refractivity contribution in [3.8, 4) is 0 Å². The Morgan fingerprint density at radius 2 is 1.70 bits per heavy atom. The summed E-state index contributed by atoms with van der Waals surface area (Å²) in [6, 6.07) is 17.4. The van der Waals surface area contributed by atoms with Gasteiger partial charge in [0, 0.05) is 12.0 Å². The highest BCUT2D eigenvalue weighted by molar-refractivity contribution is 5.83. The largest absolute Gasteiger partial charge is 0.354 e. The van der Waals surface area contributed by atoms with Crippen LogP contribution in [-0.2, 0) is 16.6 Å². The van der Waals surface area contributed by atoms with E-state index < -0.39 is 6.04 Å². The number of nitrogens with one attached hydrogen (secondary N) is 1. The van der Waals surface area contributed by atoms with Gasteiger partial charge in [-0.1, -0.05) is 75.4 Å². The van der Waals surface area contributed by atoms with Gasteiger partial charge in [0.05, 0.1) is 0 Å². The Bertz CT molecular complexity index is 632. The standard InChI is InChI=1S/C20H26N2O/c1-4-15-10-12-17(13-11-15)20(2,3)14-22-19(23)18(21)16-8-6-5-7-9-16/h5-13,18H,4,14,21H2,1-3H3,(H,22,23). The molecule has 0 spiro atoms. The molecule has 0 saturated carbocycles. The Labute approximate surface area is 138 Å². The summed E-state index contributed by atoms with van der Waals surface area (Å²) in [6.45, 7) is 6.95. The number of carbonyl (C=O) groups excluding carboxylic acids is 1. The van der Waals surface area contributed by atoms with Crippen molar-refractivity contribution in [1.29, 1.82) is 0 Å². The van der Waals surface area contributed by atoms with Crippen molar-refractivity contribution in [3.05, 3.63) is 71.3 Å². The third kappa shape index (κ3) is 4.42. The minimum Gasteiger partial charge on any atom is -0.354 e. The maximum Gasteiger partial charge on any atom is 0.241 e. The fourth-order valence-corrected chi connectivity index (χ4v) is 2.52. The first-order chi connectivity index (χ1) is 10.9. The molecule has 0 bridgehead atoms. The van der Waals surface area contributed by atoms with E-state index in [1.165, 1.54) is 11.1 Å². The van der Waals surface area contributed by atoms with Crippen LogP contribution in [0.3, 0.4) is 0 Å². The molecule has 0 heterocycles. The first kappa shape index (κ1) is 17.2. The summed E-state index contributed by atoms with van der Waals surface area (Å²) in [7, 11) is 0. The van der Waals surface area contributed by atoms with Gasteiger partial charge in [0.1, 0.15) is 6.04 Å². The number of aryl methyl sites for hydroxylation is 1. The van der Waals surface area contributed by atoms with E-state index in [1.807, 2.05) is 30.3 Å². The molecule has 2 aromatic carbocycles. The molecule has 0 saturated heterocycles. The Morgan fingerprint density at radius 3 is 2.26 bits per heavy atom. The summed E-state index contributed by atoms with van der Waals surface area (Å²) in [5, 5.41) is 2.98. The lowest BCUT2D eigenvalue weighted by molar-refractivity contribution is -0.122. The van der Waals surface area contributed by atoms with Gasteiger partial charge in [0.25, 0.3) is 0 Å². The monoisotopic (exact) mass is 310 g/mol. The summed E-state index contributed by atoms with van der Waals surface area (Å²) in [6.07, 6.45) is 1.03. The lowest BCUT2D eigenvalue weighted by Gasteiger charge is -2.26. The average molecular weight is 310 g/mol. The van der Waals surface area contributed by atoms with Crippen LogP contribution in [0.5, 0.6) is 0 Å². The quantitative estimate of drug-likeness (QED) is 0.860. The van der Waals surface area contributed by atoms with Crippen molar-refractivity contribution < 1.29 is 4.79 Å². The average Bonchev–Trinajstić information content (AvgIpc) is 2.60. The SMILES string of the molecule is CCc1ccc(C(C)(C)CNC(=O)C(N)c2ccccc2)cc1. The van der Waals surface area contributed by atoms with Crippen LogP contribution in [0.4, 0.5) is 0 Å². The molecule has 2 rings (SSSR count). The van der Waals surface area contributed by atoms with Gasteiger partial charge in [-0.25, -0.2) is 0 Å². The topological polar surface area (TPSA) is 55.1 Å². The summed E-state index contributed by atoms with van der Waals surface area (Å²) >= 11 is 0. The summed E-state index contributed by atoms with van der Waals surface area (Å²) in [4.78, 5) is 12.3. The second kappa shape index (κ2) is 7.42. The molecule has 3 N–H and O–H groups in total. The minimum atomic E-state index is -0.630. The lowest BCUT2D eigenvalue weighted by atomic mass is 9.84. The van der Waals surface area contributed by atoms with E-state index in [0.29, 0.717) is 6.54 Å². The summed E-state index contributed by atoms with van der Waals surface area (Å²) < 4.78 is 0. The van der Waals surface area contributed by atoms with Gasteiger partial charge in [-0.05, 0) is 23.1 Å². The Morgan fingerprint density at radius 1 is 1.09 bits per heavy atom. The second-order valence-electron chi connectivity index (χ2n) is 6.54. The van der Waals surface area contributed by atoms with Gasteiger partial charge in [0.2, 0.25) is 5.91 Å². The maximum atomic E-state index is 12.3. The molecule has 1 atom stereocenters. The van der Waals surface area contributed by atoms with E-state index in [9.17, 15) is 4.79 Å². The van der Waals surface area contributed by atoms with Crippen LogP contribution in [-0.4, -0.2) is 12.5 Å². The molecule has 23 heavy (non-hydrogen) atoms. The summed E-state index contributed by atoms with van der Waals surface area (Å²) in [5.41, 5.74) is 9.25. The van der Waals surface area contributed by atoms with E-state index in [-0.39, 0.29) is 11.3 Å². The van der Waals surface area contributed by atoms with Crippen LogP contribution in [0.2, 0.25) is 0 Å². The zero-order chi connectivity index (χ0) is 16.9. The number of carbonyl (C=O) groups is 1. The third-order valence-corrected chi connectivity index (χ3v) is 4.29. The molecular formula is C20H26N2O. The highest BCUT2D eigenvalue weighted by atomic mass is 16.2. The molecule has 0 aliphatic rings. The van der Waals surface area contributed by atoms with Crippen molar-refractivity contribution in [1.82, 2.24) is 5.32 Å². The summed E-state index contributed by atoms with van der Waals surface area (Å²) in [5.74, 6) is -0.144. The lowest BCUT2D eigenvalue weighted by Crippen LogP contribution is -2.41. The van der Waals surface area contributed by atoms with Crippen LogP contribution in [0.25, 0.3) is 0 Å². The van der Waals surface area contributed by atoms with Crippen LogP contribution in [0.15, 0.2) is 54.6 Å². The molecule has 3 heteroatoms. The second-order valence-corrected chi connectivity index (χ2v) is 6.54. The fraction of sp³-hybridized carbons (Fsp3) is 0.350. The molecule has 0 aliphatic carbocycles. The zero-order valence-corrected chi connectivity index (χ0v) is 14.2. The zero-order valence-electron chi connectivity index (χ0n) is 14.2. The van der Waals surface area contributed by atoms with Crippen molar-refractivity contribution in [3.63, 3.8) is 0 Å². The number of rotatable bonds is 6. The van der Waals surface area contributed by atoms with Crippen LogP contribution >= 0.6 is 0 Å². The normalized spacial score (nSPS) is 12.7. The Balaban J connectivity index is 1.99. The van der Waals surface area contributed by atoms with Crippen LogP contribution in [0, 0.1) is 0 Å². The van der Waals surface area contributed by atoms with E-state index in [1.54, 1.807) is 0 Å². The highest BCUT2D eigenvalue weighted by Gasteiger charge is 2.23. The number of nitrogens with two attached hydrogens (primary N) is 1. The molecule has 3 nitrogen and oxygen atoms in total. The minimum absolute atomic E-state index is 0.141. The molecule has 0 aliphatic heterocycles. The number of hydrogen-bond donors (Lipinski definition) is 2. The number of hydrogen-bond acceptors (Lipinski definition) is 2. The first-order valence-corrected chi connectivity index (χ1v) is 8.11. The van der Waals surface area contributed by atoms with Gasteiger partial charge in [0.15, 0.2) is 0 Å². The van der Waals surface area contributed by atoms with Crippen molar-refractivity contribution >= 4 is 5.91 Å². The Kier molecular flexibility index (Phi) is 5.56.